The molecule has 1 fully saturated rings. The molecule has 1 heterocycles. The zero-order valence-electron chi connectivity index (χ0n) is 11.1. The van der Waals surface area contributed by atoms with Crippen molar-refractivity contribution in [1.82, 2.24) is 10.6 Å². The van der Waals surface area contributed by atoms with E-state index < -0.39 is 42.6 Å². The molecule has 1 atom stereocenters. The van der Waals surface area contributed by atoms with Crippen LogP contribution < -0.4 is 10.6 Å². The molecule has 1 saturated heterocycles. The molecule has 1 aliphatic heterocycles. The number of carbonyl (C=O) groups excluding carboxylic acids is 1. The molecule has 1 aromatic rings. The summed E-state index contributed by atoms with van der Waals surface area (Å²) in [5.74, 6) is -3.72. The van der Waals surface area contributed by atoms with Gasteiger partial charge in [-0.2, -0.15) is 13.2 Å². The Hall–Kier alpha value is -1.22. The molecule has 122 valence electrons. The Morgan fingerprint density at radius 1 is 1.41 bits per heavy atom. The van der Waals surface area contributed by atoms with Gasteiger partial charge in [-0.05, 0) is 17.7 Å². The highest BCUT2D eigenvalue weighted by molar-refractivity contribution is 9.10. The molecule has 0 radical (unpaired) electrons. The minimum absolute atomic E-state index is 0.131. The summed E-state index contributed by atoms with van der Waals surface area (Å²) in [6.45, 7) is -0.998. The number of alkyl halides is 5. The molecular weight excluding hydrogens is 375 g/mol. The second kappa shape index (κ2) is 6.11. The third kappa shape index (κ3) is 4.16. The predicted octanol–water partition coefficient (Wildman–Crippen LogP) is 3.08. The van der Waals surface area contributed by atoms with Crippen LogP contribution in [0.2, 0.25) is 0 Å². The van der Waals surface area contributed by atoms with Crippen LogP contribution in [0, 0.1) is 0 Å². The minimum Gasteiger partial charge on any atom is -0.351 e. The molecule has 1 unspecified atom stereocenters. The van der Waals surface area contributed by atoms with Gasteiger partial charge in [0.1, 0.15) is 0 Å². The van der Waals surface area contributed by atoms with E-state index in [0.717, 1.165) is 6.07 Å². The number of rotatable bonds is 3. The van der Waals surface area contributed by atoms with E-state index in [1.165, 1.54) is 12.1 Å². The first-order valence-electron chi connectivity index (χ1n) is 6.33. The van der Waals surface area contributed by atoms with E-state index in [0.29, 0.717) is 0 Å². The maximum absolute atomic E-state index is 13.0. The first-order chi connectivity index (χ1) is 10.1. The Morgan fingerprint density at radius 3 is 2.64 bits per heavy atom. The van der Waals surface area contributed by atoms with Crippen LogP contribution in [-0.4, -0.2) is 24.4 Å². The maximum Gasteiger partial charge on any atom is 0.416 e. The zero-order valence-corrected chi connectivity index (χ0v) is 12.7. The Labute approximate surface area is 131 Å². The third-order valence-corrected chi connectivity index (χ3v) is 3.75. The van der Waals surface area contributed by atoms with Crippen molar-refractivity contribution in [2.75, 3.05) is 6.54 Å². The van der Waals surface area contributed by atoms with Crippen LogP contribution in [-0.2, 0) is 17.5 Å². The fraction of sp³-hybridized carbons (Fsp3) is 0.462. The number of halogens is 6. The predicted molar refractivity (Wildman–Crippen MR) is 72.3 cm³/mol. The van der Waals surface area contributed by atoms with Crippen LogP contribution in [0.5, 0.6) is 0 Å². The highest BCUT2D eigenvalue weighted by Crippen LogP contribution is 2.34. The summed E-state index contributed by atoms with van der Waals surface area (Å²) in [4.78, 5) is 11.7. The molecule has 0 bridgehead atoms. The smallest absolute Gasteiger partial charge is 0.351 e. The third-order valence-electron chi connectivity index (χ3n) is 3.26. The van der Waals surface area contributed by atoms with Gasteiger partial charge in [0, 0.05) is 17.4 Å². The van der Waals surface area contributed by atoms with E-state index in [1.807, 2.05) is 0 Å². The van der Waals surface area contributed by atoms with Gasteiger partial charge in [0.2, 0.25) is 5.91 Å². The Morgan fingerprint density at radius 2 is 2.09 bits per heavy atom. The molecule has 0 aromatic heterocycles. The SMILES string of the molecule is O=C(NCc1ccc(Br)cc1C(F)(F)F)C1CC(F)(F)CN1. The second-order valence-electron chi connectivity index (χ2n) is 5.01. The molecule has 1 aliphatic rings. The van der Waals surface area contributed by atoms with Crippen molar-refractivity contribution in [3.8, 4) is 0 Å². The van der Waals surface area contributed by atoms with Gasteiger partial charge in [-0.3, -0.25) is 10.1 Å². The average Bonchev–Trinajstić information content (AvgIpc) is 2.76. The average molecular weight is 387 g/mol. The minimum atomic E-state index is -4.57. The lowest BCUT2D eigenvalue weighted by Gasteiger charge is -2.15. The first-order valence-corrected chi connectivity index (χ1v) is 7.12. The molecule has 1 amide bonds. The highest BCUT2D eigenvalue weighted by Gasteiger charge is 2.42. The van der Waals surface area contributed by atoms with E-state index in [-0.39, 0.29) is 16.6 Å². The zero-order chi connectivity index (χ0) is 16.5. The molecule has 2 N–H and O–H groups in total. The van der Waals surface area contributed by atoms with Gasteiger partial charge in [-0.15, -0.1) is 0 Å². The van der Waals surface area contributed by atoms with E-state index >= 15 is 0 Å². The van der Waals surface area contributed by atoms with Crippen LogP contribution >= 0.6 is 15.9 Å². The quantitative estimate of drug-likeness (QED) is 0.783. The fourth-order valence-corrected chi connectivity index (χ4v) is 2.53. The first kappa shape index (κ1) is 17.1. The lowest BCUT2D eigenvalue weighted by Crippen LogP contribution is -2.40. The van der Waals surface area contributed by atoms with Crippen molar-refractivity contribution in [2.24, 2.45) is 0 Å². The van der Waals surface area contributed by atoms with Gasteiger partial charge >= 0.3 is 6.18 Å². The lowest BCUT2D eigenvalue weighted by molar-refractivity contribution is -0.138. The van der Waals surface area contributed by atoms with Gasteiger partial charge in [0.05, 0.1) is 18.2 Å². The van der Waals surface area contributed by atoms with Crippen molar-refractivity contribution < 1.29 is 26.7 Å². The summed E-state index contributed by atoms with van der Waals surface area (Å²) in [7, 11) is 0. The molecule has 0 aliphatic carbocycles. The molecule has 1 aromatic carbocycles. The number of hydrogen-bond donors (Lipinski definition) is 2. The Kier molecular flexibility index (Phi) is 4.76. The van der Waals surface area contributed by atoms with E-state index in [4.69, 9.17) is 0 Å². The second-order valence-corrected chi connectivity index (χ2v) is 5.93. The van der Waals surface area contributed by atoms with Crippen LogP contribution in [0.3, 0.4) is 0 Å². The normalized spacial score (nSPS) is 20.9. The van der Waals surface area contributed by atoms with Crippen LogP contribution in [0.15, 0.2) is 22.7 Å². The van der Waals surface area contributed by atoms with E-state index in [1.54, 1.807) is 0 Å². The van der Waals surface area contributed by atoms with Crippen LogP contribution in [0.4, 0.5) is 22.0 Å². The number of nitrogens with one attached hydrogen (secondary N) is 2. The monoisotopic (exact) mass is 386 g/mol. The number of amides is 1. The van der Waals surface area contributed by atoms with Crippen molar-refractivity contribution >= 4 is 21.8 Å². The molecular formula is C13H12BrF5N2O. The summed E-state index contributed by atoms with van der Waals surface area (Å²) in [6, 6.07) is 2.45. The number of hydrogen-bond acceptors (Lipinski definition) is 2. The lowest BCUT2D eigenvalue weighted by atomic mass is 10.1. The van der Waals surface area contributed by atoms with Crippen molar-refractivity contribution in [3.05, 3.63) is 33.8 Å². The highest BCUT2D eigenvalue weighted by atomic mass is 79.9. The van der Waals surface area contributed by atoms with Gasteiger partial charge in [-0.25, -0.2) is 8.78 Å². The van der Waals surface area contributed by atoms with Crippen molar-refractivity contribution in [2.45, 2.75) is 31.1 Å². The number of benzene rings is 1. The molecule has 3 nitrogen and oxygen atoms in total. The summed E-state index contributed by atoms with van der Waals surface area (Å²) < 4.78 is 65.0. The maximum atomic E-state index is 13.0. The Balaban J connectivity index is 2.05. The molecule has 22 heavy (non-hydrogen) atoms. The van der Waals surface area contributed by atoms with E-state index in [9.17, 15) is 26.7 Å². The van der Waals surface area contributed by atoms with Crippen molar-refractivity contribution in [3.63, 3.8) is 0 Å². The van der Waals surface area contributed by atoms with Gasteiger partial charge in [-0.1, -0.05) is 22.0 Å². The molecule has 2 rings (SSSR count). The van der Waals surface area contributed by atoms with Crippen LogP contribution in [0.25, 0.3) is 0 Å². The Bertz CT molecular complexity index is 576. The molecule has 0 spiro atoms. The fourth-order valence-electron chi connectivity index (χ4n) is 2.17. The van der Waals surface area contributed by atoms with Gasteiger partial charge in [0.25, 0.3) is 5.92 Å². The van der Waals surface area contributed by atoms with Crippen LogP contribution in [0.1, 0.15) is 17.5 Å². The summed E-state index contributed by atoms with van der Waals surface area (Å²) >= 11 is 2.95. The molecule has 9 heteroatoms. The topological polar surface area (TPSA) is 41.1 Å². The molecule has 0 saturated carbocycles. The summed E-state index contributed by atoms with van der Waals surface area (Å²) in [5.41, 5.74) is -1.01. The summed E-state index contributed by atoms with van der Waals surface area (Å²) in [6.07, 6.45) is -5.23. The summed E-state index contributed by atoms with van der Waals surface area (Å²) in [5, 5.41) is 4.61. The number of carbonyl (C=O) groups is 1. The van der Waals surface area contributed by atoms with Gasteiger partial charge in [0.15, 0.2) is 0 Å². The van der Waals surface area contributed by atoms with Gasteiger partial charge < -0.3 is 5.32 Å². The van der Waals surface area contributed by atoms with E-state index in [2.05, 4.69) is 26.6 Å². The largest absolute Gasteiger partial charge is 0.416 e. The van der Waals surface area contributed by atoms with Crippen molar-refractivity contribution in [1.29, 1.82) is 0 Å². The standard InChI is InChI=1S/C13H12BrF5N2O/c14-8-2-1-7(9(3-8)13(17,18)19)5-20-11(22)10-4-12(15,16)6-21-10/h1-3,10,21H,4-6H2,(H,20,22).